The summed E-state index contributed by atoms with van der Waals surface area (Å²) in [6.07, 6.45) is 3.84. The van der Waals surface area contributed by atoms with Gasteiger partial charge in [-0.15, -0.1) is 11.3 Å². The van der Waals surface area contributed by atoms with Gasteiger partial charge in [0.25, 0.3) is 5.91 Å². The second kappa shape index (κ2) is 12.3. The first-order chi connectivity index (χ1) is 16.3. The molecule has 7 nitrogen and oxygen atoms in total. The van der Waals surface area contributed by atoms with E-state index in [-0.39, 0.29) is 5.91 Å². The van der Waals surface area contributed by atoms with Gasteiger partial charge in [-0.05, 0) is 38.7 Å². The third kappa shape index (κ3) is 6.78. The summed E-state index contributed by atoms with van der Waals surface area (Å²) in [7, 11) is 5.57. The van der Waals surface area contributed by atoms with Gasteiger partial charge in [0, 0.05) is 30.7 Å². The summed E-state index contributed by atoms with van der Waals surface area (Å²) >= 11 is 14.8. The smallest absolute Gasteiger partial charge is 0.265 e. The minimum absolute atomic E-state index is 0.345. The van der Waals surface area contributed by atoms with Crippen molar-refractivity contribution < 1.29 is 14.3 Å². The van der Waals surface area contributed by atoms with Crippen LogP contribution in [0.3, 0.4) is 0 Å². The molecular weight excluding hydrogens is 515 g/mol. The molecule has 178 valence electrons. The van der Waals surface area contributed by atoms with E-state index in [9.17, 15) is 10.1 Å². The number of hydrogen-bond acceptors (Lipinski definition) is 8. The topological polar surface area (TPSA) is 87.5 Å². The molecule has 0 radical (unpaired) electrons. The van der Waals surface area contributed by atoms with Crippen LogP contribution in [0.15, 0.2) is 45.8 Å². The minimum Gasteiger partial charge on any atom is -0.493 e. The van der Waals surface area contributed by atoms with E-state index in [4.69, 9.17) is 32.7 Å². The quantitative estimate of drug-likeness (QED) is 0.315. The maximum Gasteiger partial charge on any atom is 0.265 e. The molecule has 0 unspecified atom stereocenters. The van der Waals surface area contributed by atoms with Gasteiger partial charge >= 0.3 is 0 Å². The summed E-state index contributed by atoms with van der Waals surface area (Å²) in [4.78, 5) is 19.9. The number of hydrogen-bond donors (Lipinski definition) is 1. The fraction of sp³-hybridized carbons (Fsp3) is 0.261. The first-order valence-electron chi connectivity index (χ1n) is 10.1. The van der Waals surface area contributed by atoms with Crippen LogP contribution in [0.1, 0.15) is 21.7 Å². The van der Waals surface area contributed by atoms with E-state index in [0.717, 1.165) is 13.0 Å². The third-order valence-electron chi connectivity index (χ3n) is 4.48. The zero-order chi connectivity index (χ0) is 24.7. The van der Waals surface area contributed by atoms with Gasteiger partial charge in [-0.2, -0.15) is 5.26 Å². The molecule has 11 heteroatoms. The maximum absolute atomic E-state index is 12.9. The number of amides is 1. The van der Waals surface area contributed by atoms with Gasteiger partial charge in [-0.1, -0.05) is 35.0 Å². The molecule has 0 aliphatic rings. The van der Waals surface area contributed by atoms with E-state index in [2.05, 4.69) is 21.3 Å². The lowest BCUT2D eigenvalue weighted by molar-refractivity contribution is 0.103. The summed E-state index contributed by atoms with van der Waals surface area (Å²) in [5.41, 5.74) is 0.909. The van der Waals surface area contributed by atoms with E-state index in [1.807, 2.05) is 14.1 Å². The normalized spacial score (nSPS) is 10.7. The van der Waals surface area contributed by atoms with Crippen LogP contribution in [-0.4, -0.2) is 50.1 Å². The van der Waals surface area contributed by atoms with E-state index in [0.29, 0.717) is 53.4 Å². The zero-order valence-electron chi connectivity index (χ0n) is 18.7. The van der Waals surface area contributed by atoms with Crippen LogP contribution in [0.25, 0.3) is 0 Å². The number of nitrogens with one attached hydrogen (secondary N) is 1. The largest absolute Gasteiger partial charge is 0.493 e. The molecule has 0 fully saturated rings. The summed E-state index contributed by atoms with van der Waals surface area (Å²) in [5, 5.41) is 13.1. The van der Waals surface area contributed by atoms with Gasteiger partial charge < -0.3 is 19.7 Å². The van der Waals surface area contributed by atoms with Crippen molar-refractivity contribution in [2.45, 2.75) is 15.5 Å². The number of carbonyl (C=O) groups is 1. The van der Waals surface area contributed by atoms with Crippen LogP contribution in [0.4, 0.5) is 5.69 Å². The van der Waals surface area contributed by atoms with Gasteiger partial charge in [-0.3, -0.25) is 9.78 Å². The molecule has 0 bridgehead atoms. The number of rotatable bonds is 10. The van der Waals surface area contributed by atoms with Crippen LogP contribution >= 0.6 is 46.3 Å². The standard InChI is InChI=1S/C23H22Cl2N4O3S2/c1-29(2)7-4-8-32-18-6-5-15(10-19(18)31-3)28-22(30)20-9-14(11-26)23(33-20)34-21-16(24)12-27-13-17(21)25/h5-6,9-10,12-13H,4,7-8H2,1-3H3,(H,28,30). The number of nitriles is 1. The summed E-state index contributed by atoms with van der Waals surface area (Å²) in [5.74, 6) is 0.777. The van der Waals surface area contributed by atoms with Crippen LogP contribution in [0, 0.1) is 11.3 Å². The number of halogens is 2. The second-order valence-corrected chi connectivity index (χ2v) is 10.4. The molecule has 0 aliphatic carbocycles. The SMILES string of the molecule is COc1cc(NC(=O)c2cc(C#N)c(Sc3c(Cl)cncc3Cl)s2)ccc1OCCCN(C)C. The Bertz CT molecular complexity index is 1190. The summed E-state index contributed by atoms with van der Waals surface area (Å²) in [6, 6.07) is 8.86. The van der Waals surface area contributed by atoms with E-state index < -0.39 is 0 Å². The number of pyridine rings is 1. The van der Waals surface area contributed by atoms with Crippen molar-refractivity contribution in [2.24, 2.45) is 0 Å². The van der Waals surface area contributed by atoms with Crippen molar-refractivity contribution in [2.75, 3.05) is 39.7 Å². The number of ether oxygens (including phenoxy) is 2. The average Bonchev–Trinajstić information content (AvgIpc) is 3.23. The predicted molar refractivity (Wildman–Crippen MR) is 137 cm³/mol. The van der Waals surface area contributed by atoms with Crippen molar-refractivity contribution in [3.8, 4) is 17.6 Å². The van der Waals surface area contributed by atoms with Crippen LogP contribution in [-0.2, 0) is 0 Å². The Balaban J connectivity index is 1.72. The highest BCUT2D eigenvalue weighted by molar-refractivity contribution is 8.01. The van der Waals surface area contributed by atoms with Gasteiger partial charge in [0.1, 0.15) is 6.07 Å². The molecule has 0 spiro atoms. The highest BCUT2D eigenvalue weighted by atomic mass is 35.5. The third-order valence-corrected chi connectivity index (χ3v) is 7.75. The highest BCUT2D eigenvalue weighted by Gasteiger charge is 2.19. The van der Waals surface area contributed by atoms with Gasteiger partial charge in [-0.25, -0.2) is 0 Å². The molecule has 2 aromatic heterocycles. The molecule has 1 N–H and O–H groups in total. The van der Waals surface area contributed by atoms with E-state index >= 15 is 0 Å². The highest BCUT2D eigenvalue weighted by Crippen LogP contribution is 2.43. The molecule has 3 rings (SSSR count). The van der Waals surface area contributed by atoms with Crippen molar-refractivity contribution in [3.63, 3.8) is 0 Å². The Morgan fingerprint density at radius 2 is 1.97 bits per heavy atom. The lowest BCUT2D eigenvalue weighted by Crippen LogP contribution is -2.15. The van der Waals surface area contributed by atoms with Gasteiger partial charge in [0.2, 0.25) is 0 Å². The van der Waals surface area contributed by atoms with Crippen molar-refractivity contribution in [1.29, 1.82) is 5.26 Å². The molecule has 1 aromatic carbocycles. The lowest BCUT2D eigenvalue weighted by atomic mass is 10.2. The first kappa shape index (κ1) is 26.1. The van der Waals surface area contributed by atoms with E-state index in [1.54, 1.807) is 31.4 Å². The molecule has 34 heavy (non-hydrogen) atoms. The molecule has 1 amide bonds. The average molecular weight is 537 g/mol. The molecule has 0 aliphatic heterocycles. The number of benzene rings is 1. The number of aromatic nitrogens is 1. The van der Waals surface area contributed by atoms with Gasteiger partial charge in [0.15, 0.2) is 11.5 Å². The maximum atomic E-state index is 12.9. The Labute approximate surface area is 216 Å². The van der Waals surface area contributed by atoms with Gasteiger partial charge in [0.05, 0.1) is 43.3 Å². The number of thiophene rings is 1. The molecule has 0 atom stereocenters. The zero-order valence-corrected chi connectivity index (χ0v) is 21.9. The van der Waals surface area contributed by atoms with E-state index in [1.165, 1.54) is 35.5 Å². The van der Waals surface area contributed by atoms with Crippen molar-refractivity contribution >= 4 is 57.9 Å². The molecule has 3 aromatic rings. The molecule has 0 saturated carbocycles. The molecular formula is C23H22Cl2N4O3S2. The number of nitrogens with zero attached hydrogens (tertiary/aromatic N) is 3. The van der Waals surface area contributed by atoms with Crippen molar-refractivity contribution in [3.05, 3.63) is 57.1 Å². The fourth-order valence-corrected chi connectivity index (χ4v) is 5.57. The number of methoxy groups -OCH3 is 1. The Morgan fingerprint density at radius 3 is 2.62 bits per heavy atom. The van der Waals surface area contributed by atoms with Crippen LogP contribution < -0.4 is 14.8 Å². The summed E-state index contributed by atoms with van der Waals surface area (Å²) in [6.45, 7) is 1.47. The van der Waals surface area contributed by atoms with Crippen LogP contribution in [0.5, 0.6) is 11.5 Å². The predicted octanol–water partition coefficient (Wildman–Crippen LogP) is 6.06. The Hall–Kier alpha value is -2.48. The van der Waals surface area contributed by atoms with Crippen LogP contribution in [0.2, 0.25) is 10.0 Å². The number of carbonyl (C=O) groups excluding carboxylic acids is 1. The second-order valence-electron chi connectivity index (χ2n) is 7.28. The number of anilines is 1. The Morgan fingerprint density at radius 1 is 1.24 bits per heavy atom. The minimum atomic E-state index is -0.345. The lowest BCUT2D eigenvalue weighted by Gasteiger charge is -2.14. The first-order valence-corrected chi connectivity index (χ1v) is 12.5. The molecule has 0 saturated heterocycles. The molecule has 2 heterocycles. The fourth-order valence-electron chi connectivity index (χ4n) is 2.85. The monoisotopic (exact) mass is 536 g/mol. The van der Waals surface area contributed by atoms with Crippen molar-refractivity contribution in [1.82, 2.24) is 9.88 Å². The Kier molecular flexibility index (Phi) is 9.45. The summed E-state index contributed by atoms with van der Waals surface area (Å²) < 4.78 is 11.8.